The molecule has 1 aliphatic rings. The largest absolute Gasteiger partial charge is 0.480 e. The Kier molecular flexibility index (Phi) is 4.41. The number of carbonyl (C=O) groups is 2. The van der Waals surface area contributed by atoms with E-state index in [1.165, 1.54) is 16.2 Å². The summed E-state index contributed by atoms with van der Waals surface area (Å²) in [6, 6.07) is 8.43. The molecule has 4 rings (SSSR count). The van der Waals surface area contributed by atoms with Crippen LogP contribution in [0, 0.1) is 6.92 Å². The van der Waals surface area contributed by atoms with E-state index >= 15 is 0 Å². The second-order valence-corrected chi connectivity index (χ2v) is 7.26. The molecular weight excluding hydrogens is 364 g/mol. The van der Waals surface area contributed by atoms with Crippen LogP contribution in [0.25, 0.3) is 10.8 Å². The number of hydrogen-bond acceptors (Lipinski definition) is 6. The Hall–Kier alpha value is -3.13. The van der Waals surface area contributed by atoms with Crippen molar-refractivity contribution in [1.29, 1.82) is 0 Å². The molecule has 1 N–H and O–H groups in total. The average Bonchev–Trinajstić information content (AvgIpc) is 3.08. The van der Waals surface area contributed by atoms with Gasteiger partial charge >= 0.3 is 5.97 Å². The number of carbonyl (C=O) groups excluding carboxylic acids is 1. The van der Waals surface area contributed by atoms with Crippen LogP contribution in [0.3, 0.4) is 0 Å². The zero-order chi connectivity index (χ0) is 19.0. The summed E-state index contributed by atoms with van der Waals surface area (Å²) >= 11 is 1.19. The first kappa shape index (κ1) is 17.3. The van der Waals surface area contributed by atoms with E-state index in [9.17, 15) is 14.7 Å². The molecule has 1 aliphatic heterocycles. The van der Waals surface area contributed by atoms with Gasteiger partial charge in [-0.25, -0.2) is 19.7 Å². The van der Waals surface area contributed by atoms with Gasteiger partial charge in [-0.1, -0.05) is 24.3 Å². The Morgan fingerprint density at radius 2 is 1.85 bits per heavy atom. The van der Waals surface area contributed by atoms with Crippen LogP contribution in [-0.2, 0) is 17.8 Å². The number of rotatable bonds is 3. The summed E-state index contributed by atoms with van der Waals surface area (Å²) in [6.45, 7) is 2.00. The van der Waals surface area contributed by atoms with Crippen LogP contribution in [0.5, 0.6) is 0 Å². The predicted octanol–water partition coefficient (Wildman–Crippen LogP) is 2.56. The fourth-order valence-electron chi connectivity index (χ4n) is 3.19. The number of hydrogen-bond donors (Lipinski definition) is 1. The minimum absolute atomic E-state index is 0.264. The number of fused-ring (bicyclic) bond motifs is 1. The number of amides is 1. The van der Waals surface area contributed by atoms with Gasteiger partial charge in [0.2, 0.25) is 0 Å². The standard InChI is InChI=1S/C19H16N4O3S/c1-11-15(27-17(22-11)16-20-7-4-8-21-16)18(24)23-10-13-6-3-2-5-12(13)9-14(23)19(25)26/h2-8,14H,9-10H2,1H3,(H,25,26)/t14-/m1/s1. The number of nitrogens with zero attached hydrogens (tertiary/aromatic N) is 4. The van der Waals surface area contributed by atoms with Crippen LogP contribution in [0.2, 0.25) is 0 Å². The molecule has 0 saturated carbocycles. The van der Waals surface area contributed by atoms with Gasteiger partial charge in [-0.05, 0) is 24.1 Å². The SMILES string of the molecule is Cc1nc(-c2ncccn2)sc1C(=O)N1Cc2ccccc2C[C@@H]1C(=O)O. The van der Waals surface area contributed by atoms with Crippen LogP contribution in [0.15, 0.2) is 42.7 Å². The summed E-state index contributed by atoms with van der Waals surface area (Å²) in [6.07, 6.45) is 3.52. The van der Waals surface area contributed by atoms with Gasteiger partial charge < -0.3 is 10.0 Å². The molecule has 0 fully saturated rings. The van der Waals surface area contributed by atoms with E-state index in [0.29, 0.717) is 27.8 Å². The smallest absolute Gasteiger partial charge is 0.326 e. The van der Waals surface area contributed by atoms with Crippen molar-refractivity contribution in [3.05, 3.63) is 64.4 Å². The average molecular weight is 380 g/mol. The Bertz CT molecular complexity index is 1020. The van der Waals surface area contributed by atoms with E-state index < -0.39 is 12.0 Å². The summed E-state index contributed by atoms with van der Waals surface area (Å²) in [5, 5.41) is 10.2. The van der Waals surface area contributed by atoms with E-state index in [0.717, 1.165) is 11.1 Å². The number of aromatic nitrogens is 3. The molecule has 0 spiro atoms. The van der Waals surface area contributed by atoms with Gasteiger partial charge in [0.15, 0.2) is 10.8 Å². The molecule has 0 unspecified atom stereocenters. The first-order chi connectivity index (χ1) is 13.0. The lowest BCUT2D eigenvalue weighted by Crippen LogP contribution is -2.48. The predicted molar refractivity (Wildman–Crippen MR) is 99.3 cm³/mol. The van der Waals surface area contributed by atoms with Gasteiger partial charge in [0.1, 0.15) is 10.9 Å². The minimum atomic E-state index is -1.01. The van der Waals surface area contributed by atoms with Gasteiger partial charge in [-0.3, -0.25) is 4.79 Å². The summed E-state index contributed by atoms with van der Waals surface area (Å²) in [7, 11) is 0. The van der Waals surface area contributed by atoms with Crippen molar-refractivity contribution >= 4 is 23.2 Å². The lowest BCUT2D eigenvalue weighted by atomic mass is 9.94. The second-order valence-electron chi connectivity index (χ2n) is 6.27. The molecule has 7 nitrogen and oxygen atoms in total. The maximum Gasteiger partial charge on any atom is 0.326 e. The maximum absolute atomic E-state index is 13.2. The van der Waals surface area contributed by atoms with Crippen molar-refractivity contribution in [2.45, 2.75) is 25.9 Å². The minimum Gasteiger partial charge on any atom is -0.480 e. The first-order valence-corrected chi connectivity index (χ1v) is 9.21. The van der Waals surface area contributed by atoms with Crippen LogP contribution < -0.4 is 0 Å². The maximum atomic E-state index is 13.2. The third kappa shape index (κ3) is 3.19. The normalized spacial score (nSPS) is 16.0. The van der Waals surface area contributed by atoms with Gasteiger partial charge in [0.25, 0.3) is 5.91 Å². The first-order valence-electron chi connectivity index (χ1n) is 8.40. The second kappa shape index (κ2) is 6.88. The van der Waals surface area contributed by atoms with E-state index in [2.05, 4.69) is 15.0 Å². The Labute approximate surface area is 159 Å². The van der Waals surface area contributed by atoms with Crippen molar-refractivity contribution in [1.82, 2.24) is 19.9 Å². The number of benzene rings is 1. The molecule has 3 heterocycles. The number of carboxylic acids is 1. The summed E-state index contributed by atoms with van der Waals surface area (Å²) in [4.78, 5) is 39.6. The molecule has 1 aromatic carbocycles. The van der Waals surface area contributed by atoms with Crippen molar-refractivity contribution < 1.29 is 14.7 Å². The van der Waals surface area contributed by atoms with Gasteiger partial charge in [0, 0.05) is 25.4 Å². The molecule has 3 aromatic rings. The van der Waals surface area contributed by atoms with E-state index in [4.69, 9.17) is 0 Å². The molecule has 136 valence electrons. The van der Waals surface area contributed by atoms with E-state index in [-0.39, 0.29) is 12.5 Å². The molecule has 0 bridgehead atoms. The highest BCUT2D eigenvalue weighted by molar-refractivity contribution is 7.17. The van der Waals surface area contributed by atoms with Gasteiger partial charge in [-0.15, -0.1) is 11.3 Å². The highest BCUT2D eigenvalue weighted by Gasteiger charge is 2.36. The van der Waals surface area contributed by atoms with Crippen LogP contribution in [-0.4, -0.2) is 42.9 Å². The lowest BCUT2D eigenvalue weighted by molar-refractivity contribution is -0.142. The molecule has 27 heavy (non-hydrogen) atoms. The third-order valence-electron chi connectivity index (χ3n) is 4.54. The molecule has 2 aromatic heterocycles. The molecular formula is C19H16N4O3S. The van der Waals surface area contributed by atoms with Gasteiger partial charge in [-0.2, -0.15) is 0 Å². The number of aliphatic carboxylic acids is 1. The Morgan fingerprint density at radius 3 is 2.56 bits per heavy atom. The molecule has 1 amide bonds. The topological polar surface area (TPSA) is 96.3 Å². The Balaban J connectivity index is 1.69. The lowest BCUT2D eigenvalue weighted by Gasteiger charge is -2.34. The van der Waals surface area contributed by atoms with Crippen LogP contribution >= 0.6 is 11.3 Å². The molecule has 0 aliphatic carbocycles. The summed E-state index contributed by atoms with van der Waals surface area (Å²) < 4.78 is 0. The van der Waals surface area contributed by atoms with Crippen molar-refractivity contribution in [3.63, 3.8) is 0 Å². The third-order valence-corrected chi connectivity index (χ3v) is 5.68. The molecule has 0 radical (unpaired) electrons. The number of thiazole rings is 1. The highest BCUT2D eigenvalue weighted by Crippen LogP contribution is 2.30. The highest BCUT2D eigenvalue weighted by atomic mass is 32.1. The zero-order valence-corrected chi connectivity index (χ0v) is 15.3. The van der Waals surface area contributed by atoms with Crippen LogP contribution in [0.4, 0.5) is 0 Å². The van der Waals surface area contributed by atoms with E-state index in [1.807, 2.05) is 24.3 Å². The molecule has 1 atom stereocenters. The Morgan fingerprint density at radius 1 is 1.15 bits per heavy atom. The number of carboxylic acid groups (broad SMARTS) is 1. The fourth-order valence-corrected chi connectivity index (χ4v) is 4.16. The summed E-state index contributed by atoms with van der Waals surface area (Å²) in [5.74, 6) is -0.885. The van der Waals surface area contributed by atoms with Crippen molar-refractivity contribution in [2.24, 2.45) is 0 Å². The van der Waals surface area contributed by atoms with E-state index in [1.54, 1.807) is 25.4 Å². The monoisotopic (exact) mass is 380 g/mol. The fraction of sp³-hybridized carbons (Fsp3) is 0.211. The summed E-state index contributed by atoms with van der Waals surface area (Å²) in [5.41, 5.74) is 2.49. The van der Waals surface area contributed by atoms with Gasteiger partial charge in [0.05, 0.1) is 5.69 Å². The molecule has 8 heteroatoms. The van der Waals surface area contributed by atoms with Crippen molar-refractivity contribution in [3.8, 4) is 10.8 Å². The van der Waals surface area contributed by atoms with Crippen molar-refractivity contribution in [2.75, 3.05) is 0 Å². The quantitative estimate of drug-likeness (QED) is 0.750. The zero-order valence-electron chi connectivity index (χ0n) is 14.5. The van der Waals surface area contributed by atoms with Crippen LogP contribution in [0.1, 0.15) is 26.5 Å². The molecule has 0 saturated heterocycles. The number of aryl methyl sites for hydroxylation is 1.